The van der Waals surface area contributed by atoms with Crippen molar-refractivity contribution in [2.24, 2.45) is 0 Å². The van der Waals surface area contributed by atoms with E-state index in [2.05, 4.69) is 0 Å². The van der Waals surface area contributed by atoms with Gasteiger partial charge in [-0.1, -0.05) is 23.9 Å². The molecule has 0 atom stereocenters. The Morgan fingerprint density at radius 2 is 2.06 bits per heavy atom. The van der Waals surface area contributed by atoms with Crippen molar-refractivity contribution in [3.05, 3.63) is 41.3 Å². The van der Waals surface area contributed by atoms with Crippen molar-refractivity contribution in [2.45, 2.75) is 23.2 Å². The molecule has 4 heteroatoms. The van der Waals surface area contributed by atoms with E-state index in [4.69, 9.17) is 10.4 Å². The Kier molecular flexibility index (Phi) is 3.21. The van der Waals surface area contributed by atoms with E-state index < -0.39 is 11.4 Å². The van der Waals surface area contributed by atoms with Crippen LogP contribution in [0, 0.1) is 11.3 Å². The molecule has 2 rings (SSSR count). The lowest BCUT2D eigenvalue weighted by Gasteiger charge is -2.10. The van der Waals surface area contributed by atoms with Gasteiger partial charge in [-0.05, 0) is 35.9 Å². The van der Waals surface area contributed by atoms with Gasteiger partial charge in [-0.15, -0.1) is 0 Å². The van der Waals surface area contributed by atoms with E-state index in [1.165, 1.54) is 17.8 Å². The van der Waals surface area contributed by atoms with Crippen LogP contribution in [0.4, 0.5) is 0 Å². The van der Waals surface area contributed by atoms with Crippen LogP contribution in [0.15, 0.2) is 40.6 Å². The third-order valence-corrected chi connectivity index (χ3v) is 3.73. The van der Waals surface area contributed by atoms with Gasteiger partial charge in [0.25, 0.3) is 0 Å². The third-order valence-electron chi connectivity index (χ3n) is 2.91. The van der Waals surface area contributed by atoms with Gasteiger partial charge < -0.3 is 5.11 Å². The molecule has 0 amide bonds. The highest BCUT2D eigenvalue weighted by molar-refractivity contribution is 8.02. The number of nitriles is 1. The number of nitrogens with zero attached hydrogens (tertiary/aromatic N) is 1. The van der Waals surface area contributed by atoms with Crippen molar-refractivity contribution >= 4 is 17.7 Å². The molecule has 0 aliphatic heterocycles. The SMILES string of the molecule is N#CC=CSc1ccc(C2(C(=O)O)CC2)cc1. The maximum atomic E-state index is 11.1. The molecule has 0 radical (unpaired) electrons. The third kappa shape index (κ3) is 2.34. The summed E-state index contributed by atoms with van der Waals surface area (Å²) in [5.74, 6) is -0.734. The smallest absolute Gasteiger partial charge is 0.314 e. The van der Waals surface area contributed by atoms with E-state index in [0.717, 1.165) is 23.3 Å². The molecule has 0 unspecified atom stereocenters. The lowest BCUT2D eigenvalue weighted by atomic mass is 9.96. The van der Waals surface area contributed by atoms with Crippen molar-refractivity contribution in [1.82, 2.24) is 0 Å². The maximum Gasteiger partial charge on any atom is 0.314 e. The van der Waals surface area contributed by atoms with Gasteiger partial charge in [0.1, 0.15) is 0 Å². The van der Waals surface area contributed by atoms with Gasteiger partial charge in [-0.25, -0.2) is 0 Å². The van der Waals surface area contributed by atoms with Gasteiger partial charge >= 0.3 is 5.97 Å². The molecule has 1 aromatic carbocycles. The second kappa shape index (κ2) is 4.64. The van der Waals surface area contributed by atoms with Crippen molar-refractivity contribution in [1.29, 1.82) is 5.26 Å². The molecule has 1 saturated carbocycles. The topological polar surface area (TPSA) is 61.1 Å². The molecule has 17 heavy (non-hydrogen) atoms. The second-order valence-corrected chi connectivity index (χ2v) is 4.94. The molecular formula is C13H11NO2S. The first-order chi connectivity index (χ1) is 8.19. The zero-order valence-electron chi connectivity index (χ0n) is 9.09. The van der Waals surface area contributed by atoms with E-state index in [-0.39, 0.29) is 0 Å². The van der Waals surface area contributed by atoms with Gasteiger partial charge in [-0.2, -0.15) is 5.26 Å². The van der Waals surface area contributed by atoms with Gasteiger partial charge in [0.05, 0.1) is 11.5 Å². The van der Waals surface area contributed by atoms with Crippen molar-refractivity contribution < 1.29 is 9.90 Å². The number of benzene rings is 1. The van der Waals surface area contributed by atoms with Gasteiger partial charge in [0, 0.05) is 11.0 Å². The van der Waals surface area contributed by atoms with Crippen LogP contribution >= 0.6 is 11.8 Å². The summed E-state index contributed by atoms with van der Waals surface area (Å²) < 4.78 is 0. The molecule has 0 aromatic heterocycles. The summed E-state index contributed by atoms with van der Waals surface area (Å²) in [4.78, 5) is 12.1. The Balaban J connectivity index is 2.12. The van der Waals surface area contributed by atoms with E-state index in [1.807, 2.05) is 30.3 Å². The number of rotatable bonds is 4. The van der Waals surface area contributed by atoms with Crippen molar-refractivity contribution in [2.75, 3.05) is 0 Å². The molecule has 1 aliphatic rings. The Morgan fingerprint density at radius 3 is 2.53 bits per heavy atom. The van der Waals surface area contributed by atoms with Crippen LogP contribution in [0.1, 0.15) is 18.4 Å². The van der Waals surface area contributed by atoms with Crippen molar-refractivity contribution in [3.8, 4) is 6.07 Å². The predicted octanol–water partition coefficient (Wildman–Crippen LogP) is 2.93. The fourth-order valence-corrected chi connectivity index (χ4v) is 2.33. The molecule has 86 valence electrons. The monoisotopic (exact) mass is 245 g/mol. The van der Waals surface area contributed by atoms with Crippen LogP contribution in [0.25, 0.3) is 0 Å². The predicted molar refractivity (Wildman–Crippen MR) is 65.6 cm³/mol. The average Bonchev–Trinajstić information content (AvgIpc) is 3.11. The van der Waals surface area contributed by atoms with Crippen LogP contribution in [0.5, 0.6) is 0 Å². The molecule has 3 nitrogen and oxygen atoms in total. The second-order valence-electron chi connectivity index (χ2n) is 3.96. The first kappa shape index (κ1) is 11.7. The summed E-state index contributed by atoms with van der Waals surface area (Å²) in [7, 11) is 0. The molecule has 0 saturated heterocycles. The minimum absolute atomic E-state index is 0.633. The summed E-state index contributed by atoms with van der Waals surface area (Å²) in [6.45, 7) is 0. The average molecular weight is 245 g/mol. The zero-order chi connectivity index (χ0) is 12.3. The zero-order valence-corrected chi connectivity index (χ0v) is 9.91. The molecule has 0 bridgehead atoms. The summed E-state index contributed by atoms with van der Waals surface area (Å²) in [5, 5.41) is 19.2. The van der Waals surface area contributed by atoms with Crippen LogP contribution in [0.2, 0.25) is 0 Å². The standard InChI is InChI=1S/C13H11NO2S/c14-8-1-9-17-11-4-2-10(3-5-11)13(6-7-13)12(15)16/h1-5,9H,6-7H2,(H,15,16). The van der Waals surface area contributed by atoms with E-state index in [9.17, 15) is 4.79 Å². The maximum absolute atomic E-state index is 11.1. The Labute approximate surface area is 104 Å². The van der Waals surface area contributed by atoms with E-state index >= 15 is 0 Å². The lowest BCUT2D eigenvalue weighted by molar-refractivity contribution is -0.140. The number of allylic oxidation sites excluding steroid dienone is 1. The molecule has 1 fully saturated rings. The van der Waals surface area contributed by atoms with E-state index in [1.54, 1.807) is 5.41 Å². The molecule has 1 N–H and O–H groups in total. The first-order valence-electron chi connectivity index (χ1n) is 5.24. The fourth-order valence-electron chi connectivity index (χ4n) is 1.75. The highest BCUT2D eigenvalue weighted by atomic mass is 32.2. The van der Waals surface area contributed by atoms with Crippen LogP contribution in [-0.2, 0) is 10.2 Å². The normalized spacial score (nSPS) is 16.6. The minimum atomic E-state index is -0.734. The number of hydrogen-bond donors (Lipinski definition) is 1. The molecule has 1 aliphatic carbocycles. The van der Waals surface area contributed by atoms with Crippen molar-refractivity contribution in [3.63, 3.8) is 0 Å². The summed E-state index contributed by atoms with van der Waals surface area (Å²) in [6.07, 6.45) is 2.87. The first-order valence-corrected chi connectivity index (χ1v) is 6.12. The van der Waals surface area contributed by atoms with Crippen LogP contribution in [0.3, 0.4) is 0 Å². The largest absolute Gasteiger partial charge is 0.481 e. The highest BCUT2D eigenvalue weighted by Gasteiger charge is 2.51. The number of hydrogen-bond acceptors (Lipinski definition) is 3. The molecule has 0 spiro atoms. The number of carboxylic acids is 1. The van der Waals surface area contributed by atoms with Gasteiger partial charge in [0.15, 0.2) is 0 Å². The number of carboxylic acid groups (broad SMARTS) is 1. The molecule has 1 aromatic rings. The fraction of sp³-hybridized carbons (Fsp3) is 0.231. The number of aliphatic carboxylic acids is 1. The molecule has 0 heterocycles. The Morgan fingerprint density at radius 1 is 1.41 bits per heavy atom. The summed E-state index contributed by atoms with van der Waals surface area (Å²) in [6, 6.07) is 9.44. The van der Waals surface area contributed by atoms with E-state index in [0.29, 0.717) is 0 Å². The minimum Gasteiger partial charge on any atom is -0.481 e. The Hall–Kier alpha value is -1.73. The number of carbonyl (C=O) groups is 1. The summed E-state index contributed by atoms with van der Waals surface area (Å²) in [5.41, 5.74) is 0.240. The number of thioether (sulfide) groups is 1. The highest BCUT2D eigenvalue weighted by Crippen LogP contribution is 2.48. The lowest BCUT2D eigenvalue weighted by Crippen LogP contribution is -2.19. The van der Waals surface area contributed by atoms with Crippen LogP contribution in [-0.4, -0.2) is 11.1 Å². The summed E-state index contributed by atoms with van der Waals surface area (Å²) >= 11 is 1.44. The quantitative estimate of drug-likeness (QED) is 0.654. The van der Waals surface area contributed by atoms with Crippen LogP contribution < -0.4 is 0 Å². The Bertz CT molecular complexity index is 495. The molecular weight excluding hydrogens is 234 g/mol. The van der Waals surface area contributed by atoms with Gasteiger partial charge in [-0.3, -0.25) is 4.79 Å². The van der Waals surface area contributed by atoms with Gasteiger partial charge in [0.2, 0.25) is 0 Å².